The molecular formula is C15H21N3O4. The number of amides is 2. The fourth-order valence-corrected chi connectivity index (χ4v) is 2.92. The van der Waals surface area contributed by atoms with E-state index in [2.05, 4.69) is 4.98 Å². The first-order chi connectivity index (χ1) is 10.4. The summed E-state index contributed by atoms with van der Waals surface area (Å²) in [5.74, 6) is -1.39. The summed E-state index contributed by atoms with van der Waals surface area (Å²) in [7, 11) is 1.30. The number of aryl methyl sites for hydroxylation is 1. The van der Waals surface area contributed by atoms with E-state index in [1.165, 1.54) is 7.11 Å². The maximum absolute atomic E-state index is 12.7. The van der Waals surface area contributed by atoms with Crippen LogP contribution in [0.4, 0.5) is 0 Å². The number of likely N-dealkylation sites (tertiary alicyclic amines) is 1. The van der Waals surface area contributed by atoms with E-state index in [0.29, 0.717) is 42.0 Å². The van der Waals surface area contributed by atoms with Gasteiger partial charge in [0.05, 0.1) is 18.6 Å². The molecule has 22 heavy (non-hydrogen) atoms. The number of piperidine rings is 1. The van der Waals surface area contributed by atoms with Crippen LogP contribution < -0.4 is 5.73 Å². The molecule has 0 bridgehead atoms. The zero-order valence-electron chi connectivity index (χ0n) is 13.1. The third kappa shape index (κ3) is 2.84. The van der Waals surface area contributed by atoms with Gasteiger partial charge in [-0.3, -0.25) is 9.59 Å². The van der Waals surface area contributed by atoms with Gasteiger partial charge in [-0.05, 0) is 32.3 Å². The van der Waals surface area contributed by atoms with Gasteiger partial charge in [-0.15, -0.1) is 0 Å². The number of ether oxygens (including phenoxy) is 1. The molecule has 0 aromatic carbocycles. The quantitative estimate of drug-likeness (QED) is 0.804. The molecule has 1 aliphatic heterocycles. The van der Waals surface area contributed by atoms with Gasteiger partial charge in [-0.2, -0.15) is 0 Å². The monoisotopic (exact) mass is 307 g/mol. The molecule has 2 heterocycles. The van der Waals surface area contributed by atoms with Crippen molar-refractivity contribution in [1.82, 2.24) is 9.88 Å². The summed E-state index contributed by atoms with van der Waals surface area (Å²) in [6.07, 6.45) is 1.44. The normalized spacial score (nSPS) is 18.1. The van der Waals surface area contributed by atoms with E-state index in [4.69, 9.17) is 10.5 Å². The van der Waals surface area contributed by atoms with Crippen molar-refractivity contribution in [2.75, 3.05) is 20.2 Å². The summed E-state index contributed by atoms with van der Waals surface area (Å²) < 4.78 is 4.74. The van der Waals surface area contributed by atoms with Crippen molar-refractivity contribution in [1.29, 1.82) is 0 Å². The Bertz CT molecular complexity index is 621. The van der Waals surface area contributed by atoms with Crippen LogP contribution in [-0.2, 0) is 9.53 Å². The average molecular weight is 307 g/mol. The number of carbonyl (C=O) groups is 3. The van der Waals surface area contributed by atoms with Gasteiger partial charge in [0.15, 0.2) is 0 Å². The molecule has 120 valence electrons. The summed E-state index contributed by atoms with van der Waals surface area (Å²) in [4.78, 5) is 40.3. The second-order valence-electron chi connectivity index (χ2n) is 5.61. The average Bonchev–Trinajstić information content (AvgIpc) is 2.80. The minimum Gasteiger partial charge on any atom is -0.465 e. The van der Waals surface area contributed by atoms with Crippen molar-refractivity contribution in [2.45, 2.75) is 26.7 Å². The summed E-state index contributed by atoms with van der Waals surface area (Å²) in [6, 6.07) is 0. The molecule has 2 rings (SSSR count). The number of hydrogen-bond donors (Lipinski definition) is 2. The lowest BCUT2D eigenvalue weighted by molar-refractivity contribution is -0.123. The summed E-state index contributed by atoms with van der Waals surface area (Å²) in [5, 5.41) is 0. The Labute approximate surface area is 128 Å². The van der Waals surface area contributed by atoms with E-state index in [9.17, 15) is 14.4 Å². The maximum atomic E-state index is 12.7. The number of methoxy groups -OCH3 is 1. The summed E-state index contributed by atoms with van der Waals surface area (Å²) in [5.41, 5.74) is 7.24. The number of carbonyl (C=O) groups excluding carboxylic acids is 3. The molecule has 1 atom stereocenters. The number of rotatable bonds is 3. The number of hydrogen-bond acceptors (Lipinski definition) is 4. The van der Waals surface area contributed by atoms with Crippen molar-refractivity contribution in [3.05, 3.63) is 22.5 Å². The largest absolute Gasteiger partial charge is 0.465 e. The molecule has 3 N–H and O–H groups in total. The highest BCUT2D eigenvalue weighted by Gasteiger charge is 2.30. The summed E-state index contributed by atoms with van der Waals surface area (Å²) >= 11 is 0. The predicted octanol–water partition coefficient (Wildman–Crippen LogP) is 0.756. The van der Waals surface area contributed by atoms with Gasteiger partial charge in [0.2, 0.25) is 5.91 Å². The standard InChI is InChI=1S/C15H21N3O4/c1-8-11(15(21)22-3)9(2)17-12(8)14(20)18-6-4-5-10(7-18)13(16)19/h10,17H,4-7H2,1-3H3,(H2,16,19). The minimum absolute atomic E-state index is 0.221. The van der Waals surface area contributed by atoms with Crippen LogP contribution in [0, 0.1) is 19.8 Å². The van der Waals surface area contributed by atoms with Crippen LogP contribution in [-0.4, -0.2) is 47.9 Å². The van der Waals surface area contributed by atoms with E-state index < -0.39 is 5.97 Å². The van der Waals surface area contributed by atoms with Gasteiger partial charge in [-0.1, -0.05) is 0 Å². The molecule has 0 radical (unpaired) electrons. The zero-order valence-corrected chi connectivity index (χ0v) is 13.1. The highest BCUT2D eigenvalue weighted by Crippen LogP contribution is 2.23. The number of aromatic amines is 1. The van der Waals surface area contributed by atoms with Crippen molar-refractivity contribution >= 4 is 17.8 Å². The minimum atomic E-state index is -0.473. The smallest absolute Gasteiger partial charge is 0.339 e. The Morgan fingerprint density at radius 3 is 2.59 bits per heavy atom. The van der Waals surface area contributed by atoms with Gasteiger partial charge >= 0.3 is 5.97 Å². The SMILES string of the molecule is COC(=O)c1c(C)[nH]c(C(=O)N2CCCC(C(N)=O)C2)c1C. The molecule has 7 heteroatoms. The first-order valence-corrected chi connectivity index (χ1v) is 7.22. The van der Waals surface area contributed by atoms with Gasteiger partial charge in [0, 0.05) is 18.8 Å². The Morgan fingerprint density at radius 2 is 2.00 bits per heavy atom. The molecule has 1 unspecified atom stereocenters. The van der Waals surface area contributed by atoms with E-state index >= 15 is 0 Å². The van der Waals surface area contributed by atoms with E-state index in [1.807, 2.05) is 0 Å². The molecular weight excluding hydrogens is 286 g/mol. The number of nitrogens with two attached hydrogens (primary N) is 1. The number of nitrogens with one attached hydrogen (secondary N) is 1. The molecule has 1 fully saturated rings. The van der Waals surface area contributed by atoms with Gasteiger partial charge in [-0.25, -0.2) is 4.79 Å². The van der Waals surface area contributed by atoms with Crippen LogP contribution in [0.3, 0.4) is 0 Å². The Hall–Kier alpha value is -2.31. The molecule has 1 aromatic heterocycles. The predicted molar refractivity (Wildman–Crippen MR) is 79.4 cm³/mol. The van der Waals surface area contributed by atoms with Crippen LogP contribution in [0.15, 0.2) is 0 Å². The van der Waals surface area contributed by atoms with Gasteiger partial charge in [0.25, 0.3) is 5.91 Å². The second-order valence-corrected chi connectivity index (χ2v) is 5.61. The molecule has 0 aliphatic carbocycles. The molecule has 1 aromatic rings. The first-order valence-electron chi connectivity index (χ1n) is 7.22. The van der Waals surface area contributed by atoms with Crippen molar-refractivity contribution < 1.29 is 19.1 Å². The molecule has 7 nitrogen and oxygen atoms in total. The van der Waals surface area contributed by atoms with Crippen LogP contribution in [0.25, 0.3) is 0 Å². The molecule has 1 saturated heterocycles. The van der Waals surface area contributed by atoms with E-state index in [0.717, 1.165) is 6.42 Å². The maximum Gasteiger partial charge on any atom is 0.339 e. The highest BCUT2D eigenvalue weighted by atomic mass is 16.5. The van der Waals surface area contributed by atoms with E-state index in [1.54, 1.807) is 18.7 Å². The zero-order chi connectivity index (χ0) is 16.4. The second kappa shape index (κ2) is 6.21. The number of nitrogens with zero attached hydrogens (tertiary/aromatic N) is 1. The lowest BCUT2D eigenvalue weighted by Gasteiger charge is -2.31. The molecule has 2 amide bonds. The fourth-order valence-electron chi connectivity index (χ4n) is 2.92. The van der Waals surface area contributed by atoms with Crippen LogP contribution in [0.5, 0.6) is 0 Å². The number of aromatic nitrogens is 1. The van der Waals surface area contributed by atoms with Crippen LogP contribution in [0.2, 0.25) is 0 Å². The lowest BCUT2D eigenvalue weighted by atomic mass is 9.97. The molecule has 0 saturated carbocycles. The first kappa shape index (κ1) is 16.1. The van der Waals surface area contributed by atoms with Crippen LogP contribution >= 0.6 is 0 Å². The Balaban J connectivity index is 2.26. The number of esters is 1. The fraction of sp³-hybridized carbons (Fsp3) is 0.533. The van der Waals surface area contributed by atoms with Crippen LogP contribution in [0.1, 0.15) is 44.9 Å². The third-order valence-corrected chi connectivity index (χ3v) is 4.15. The van der Waals surface area contributed by atoms with Crippen molar-refractivity contribution in [3.8, 4) is 0 Å². The number of primary amides is 1. The van der Waals surface area contributed by atoms with E-state index in [-0.39, 0.29) is 17.7 Å². The van der Waals surface area contributed by atoms with Crippen molar-refractivity contribution in [2.24, 2.45) is 11.7 Å². The topological polar surface area (TPSA) is 105 Å². The lowest BCUT2D eigenvalue weighted by Crippen LogP contribution is -2.44. The van der Waals surface area contributed by atoms with Gasteiger partial charge < -0.3 is 20.4 Å². The summed E-state index contributed by atoms with van der Waals surface area (Å²) in [6.45, 7) is 4.32. The van der Waals surface area contributed by atoms with Crippen molar-refractivity contribution in [3.63, 3.8) is 0 Å². The van der Waals surface area contributed by atoms with Gasteiger partial charge in [0.1, 0.15) is 5.69 Å². The highest BCUT2D eigenvalue weighted by molar-refractivity contribution is 6.00. The number of H-pyrrole nitrogens is 1. The Morgan fingerprint density at radius 1 is 1.32 bits per heavy atom. The third-order valence-electron chi connectivity index (χ3n) is 4.15. The Kier molecular flexibility index (Phi) is 4.54. The molecule has 0 spiro atoms. The molecule has 1 aliphatic rings.